The molecule has 0 unspecified atom stereocenters. The van der Waals surface area contributed by atoms with Crippen LogP contribution in [-0.4, -0.2) is 135 Å². The summed E-state index contributed by atoms with van der Waals surface area (Å²) in [5, 5.41) is 18.2. The van der Waals surface area contributed by atoms with Crippen molar-refractivity contribution in [2.45, 2.75) is 38.3 Å². The van der Waals surface area contributed by atoms with E-state index in [0.29, 0.717) is 49.6 Å². The van der Waals surface area contributed by atoms with Crippen molar-refractivity contribution in [1.29, 1.82) is 0 Å². The number of methoxy groups -OCH3 is 1. The lowest BCUT2D eigenvalue weighted by Crippen LogP contribution is -2.50. The van der Waals surface area contributed by atoms with Gasteiger partial charge >= 0.3 is 0 Å². The lowest BCUT2D eigenvalue weighted by molar-refractivity contribution is -0.141. The number of benzene rings is 2. The Labute approximate surface area is 411 Å². The molecule has 6 aromatic heterocycles. The third-order valence-electron chi connectivity index (χ3n) is 12.0. The number of thiophene rings is 1. The molecule has 366 valence electrons. The van der Waals surface area contributed by atoms with Crippen LogP contribution in [0.1, 0.15) is 23.2 Å². The maximum absolute atomic E-state index is 14.2. The highest BCUT2D eigenvalue weighted by Gasteiger charge is 2.27. The predicted octanol–water partition coefficient (Wildman–Crippen LogP) is 6.47. The summed E-state index contributed by atoms with van der Waals surface area (Å²) in [7, 11) is -3.08. The van der Waals surface area contributed by atoms with E-state index in [1.54, 1.807) is 47.2 Å². The molecule has 0 saturated carbocycles. The number of morpholine rings is 1. The van der Waals surface area contributed by atoms with Crippen LogP contribution in [0.25, 0.3) is 54.8 Å². The number of ether oxygens (including phenoxy) is 2. The van der Waals surface area contributed by atoms with Crippen LogP contribution in [0.4, 0.5) is 20.3 Å². The molecule has 0 spiro atoms. The van der Waals surface area contributed by atoms with Crippen LogP contribution < -0.4 is 14.4 Å². The second kappa shape index (κ2) is 21.0. The summed E-state index contributed by atoms with van der Waals surface area (Å²) in [5.41, 5.74) is 6.73. The number of hydrogen-bond acceptors (Lipinski definition) is 17. The first kappa shape index (κ1) is 48.8. The molecule has 2 saturated heterocycles. The lowest BCUT2D eigenvalue weighted by Gasteiger charge is -2.35. The Morgan fingerprint density at radius 3 is 2.31 bits per heavy atom. The average molecular weight is 1000 g/mol. The largest absolute Gasteiger partial charge is 0.480 e. The number of fused-ring (bicyclic) bond motifs is 2. The number of halogens is 2. The van der Waals surface area contributed by atoms with E-state index in [0.717, 1.165) is 94.0 Å². The molecule has 2 aliphatic rings. The number of aryl methyl sites for hydroxylation is 2. The molecular formula is C49H48F2N12O6S2. The minimum absolute atomic E-state index is 0.0106. The summed E-state index contributed by atoms with van der Waals surface area (Å²) >= 11 is 1.76. The number of anilines is 2. The summed E-state index contributed by atoms with van der Waals surface area (Å²) in [6.07, 6.45) is 9.09. The van der Waals surface area contributed by atoms with E-state index < -0.39 is 32.7 Å². The Hall–Kier alpha value is -7.24. The normalized spacial score (nSPS) is 14.8. The smallest absolute Gasteiger partial charge is 0.264 e. The van der Waals surface area contributed by atoms with Gasteiger partial charge in [-0.1, -0.05) is 6.07 Å². The number of hydrogen-bond donors (Lipinski definition) is 2. The Balaban J connectivity index is 0.000000176. The van der Waals surface area contributed by atoms with Crippen LogP contribution in [0, 0.1) is 25.5 Å². The number of rotatable bonds is 11. The summed E-state index contributed by atoms with van der Waals surface area (Å²) < 4.78 is 67.3. The van der Waals surface area contributed by atoms with Crippen molar-refractivity contribution in [2.24, 2.45) is 0 Å². The number of pyridine rings is 2. The molecule has 71 heavy (non-hydrogen) atoms. The molecule has 0 bridgehead atoms. The van der Waals surface area contributed by atoms with E-state index in [4.69, 9.17) is 19.4 Å². The first-order valence-electron chi connectivity index (χ1n) is 22.6. The minimum atomic E-state index is -4.40. The second-order valence-electron chi connectivity index (χ2n) is 16.8. The maximum Gasteiger partial charge on any atom is 0.264 e. The van der Waals surface area contributed by atoms with E-state index in [2.05, 4.69) is 51.6 Å². The van der Waals surface area contributed by atoms with Crippen molar-refractivity contribution in [1.82, 2.24) is 49.9 Å². The van der Waals surface area contributed by atoms with Gasteiger partial charge < -0.3 is 24.4 Å². The van der Waals surface area contributed by atoms with Gasteiger partial charge in [-0.2, -0.15) is 10.2 Å². The average Bonchev–Trinajstić information content (AvgIpc) is 3.69. The van der Waals surface area contributed by atoms with Crippen molar-refractivity contribution in [3.8, 4) is 39.5 Å². The van der Waals surface area contributed by atoms with Crippen LogP contribution in [0.5, 0.6) is 5.88 Å². The highest BCUT2D eigenvalue weighted by atomic mass is 32.2. The first-order valence-corrected chi connectivity index (χ1v) is 24.9. The fourth-order valence-electron chi connectivity index (χ4n) is 8.26. The number of aromatic nitrogens is 8. The van der Waals surface area contributed by atoms with Crippen molar-refractivity contribution in [3.05, 3.63) is 120 Å². The zero-order chi connectivity index (χ0) is 49.8. The van der Waals surface area contributed by atoms with Gasteiger partial charge in [-0.25, -0.2) is 42.1 Å². The first-order chi connectivity index (χ1) is 34.3. The van der Waals surface area contributed by atoms with Gasteiger partial charge in [0, 0.05) is 98.1 Å². The molecule has 22 heteroatoms. The van der Waals surface area contributed by atoms with Crippen LogP contribution in [0.3, 0.4) is 0 Å². The van der Waals surface area contributed by atoms with E-state index in [9.17, 15) is 27.1 Å². The topological polar surface area (TPSA) is 215 Å². The lowest BCUT2D eigenvalue weighted by atomic mass is 9.99. The number of piperazine rings is 1. The third kappa shape index (κ3) is 10.8. The summed E-state index contributed by atoms with van der Waals surface area (Å²) in [6, 6.07) is 13.0. The number of nitrogens with one attached hydrogen (secondary N) is 1. The van der Waals surface area contributed by atoms with Gasteiger partial charge in [0.15, 0.2) is 11.6 Å². The number of carbonyl (C=O) groups excluding carboxylic acids is 1. The molecule has 8 aromatic rings. The van der Waals surface area contributed by atoms with E-state index in [1.807, 2.05) is 37.3 Å². The Morgan fingerprint density at radius 1 is 0.845 bits per heavy atom. The molecule has 2 aliphatic heterocycles. The molecule has 10 rings (SSSR count). The Morgan fingerprint density at radius 2 is 1.61 bits per heavy atom. The quantitative estimate of drug-likeness (QED) is 0.142. The minimum Gasteiger partial charge on any atom is -0.480 e. The number of carbonyl (C=O) groups is 1. The zero-order valence-corrected chi connectivity index (χ0v) is 40.7. The molecular weight excluding hydrogens is 955 g/mol. The van der Waals surface area contributed by atoms with Crippen LogP contribution >= 0.6 is 11.3 Å². The van der Waals surface area contributed by atoms with Crippen molar-refractivity contribution in [2.75, 3.05) is 69.2 Å². The second-order valence-corrected chi connectivity index (χ2v) is 19.5. The van der Waals surface area contributed by atoms with Gasteiger partial charge in [-0.3, -0.25) is 19.4 Å². The molecule has 1 amide bonds. The predicted molar refractivity (Wildman–Crippen MR) is 264 cm³/mol. The molecule has 2 fully saturated rings. The number of aliphatic hydroxyl groups is 1. The summed E-state index contributed by atoms with van der Waals surface area (Å²) in [4.78, 5) is 46.3. The molecule has 18 nitrogen and oxygen atoms in total. The number of nitrogens with zero attached hydrogens (tertiary/aromatic N) is 11. The van der Waals surface area contributed by atoms with Gasteiger partial charge in [0.1, 0.15) is 34.1 Å². The molecule has 2 N–H and O–H groups in total. The van der Waals surface area contributed by atoms with Crippen LogP contribution in [0.15, 0.2) is 96.7 Å². The van der Waals surface area contributed by atoms with Crippen molar-refractivity contribution < 1.29 is 36.6 Å². The van der Waals surface area contributed by atoms with Crippen LogP contribution in [0.2, 0.25) is 0 Å². The van der Waals surface area contributed by atoms with Crippen LogP contribution in [-0.2, 0) is 26.1 Å². The Bertz CT molecular complexity index is 3340. The molecule has 2 aromatic carbocycles. The van der Waals surface area contributed by atoms with Crippen molar-refractivity contribution in [3.63, 3.8) is 0 Å². The molecule has 0 aliphatic carbocycles. The van der Waals surface area contributed by atoms with E-state index in [-0.39, 0.29) is 17.5 Å². The standard InChI is InChI=1S/C25H17F2N5O3S.C24H31N7O3S/c1-35-25-23(32-36(33,34)24-5-3-18(26)12-21(24)27)11-17(13-29-25)15-2-4-22-20(10-15)19(7-8-28-22)16-6-9-30-31-14-16;1-15-19(14-29-4-6-31(7-5-29)24(33)16(2)32)35-21-20(15)27-22(18-12-25-17(3)26-13-18)28-23(21)30-8-10-34-11-9-30/h2-14,32H,1H3;12-13,16,32H,4-11,14H2,1-3H3/t;16-/m.0/s1. The van der Waals surface area contributed by atoms with Gasteiger partial charge in [-0.05, 0) is 79.9 Å². The maximum atomic E-state index is 14.2. The van der Waals surface area contributed by atoms with Gasteiger partial charge in [0.2, 0.25) is 5.88 Å². The fourth-order valence-corrected chi connectivity index (χ4v) is 10.7. The van der Waals surface area contributed by atoms with Gasteiger partial charge in [0.05, 0.1) is 54.0 Å². The highest BCUT2D eigenvalue weighted by Crippen LogP contribution is 2.39. The number of aliphatic hydroxyl groups excluding tert-OH is 1. The zero-order valence-electron chi connectivity index (χ0n) is 39.1. The molecule has 1 atom stereocenters. The fraction of sp³-hybridized carbons (Fsp3) is 0.286. The number of amides is 1. The van der Waals surface area contributed by atoms with Gasteiger partial charge in [0.25, 0.3) is 15.9 Å². The summed E-state index contributed by atoms with van der Waals surface area (Å²) in [6.45, 7) is 12.1. The summed E-state index contributed by atoms with van der Waals surface area (Å²) in [5.74, 6) is -0.0209. The molecule has 8 heterocycles. The van der Waals surface area contributed by atoms with E-state index in [1.165, 1.54) is 36.7 Å². The SMILES string of the molecule is COc1ncc(-c2ccc3nccc(-c4ccnnc4)c3c2)cc1NS(=O)(=O)c1ccc(F)cc1F.Cc1ncc(-c2nc(N3CCOCC3)c3sc(CN4CCN(C(=O)[C@H](C)O)CC4)c(C)c3n2)cn1. The Kier molecular flexibility index (Phi) is 14.4. The third-order valence-corrected chi connectivity index (χ3v) is 14.7. The monoisotopic (exact) mass is 1000 g/mol. The van der Waals surface area contributed by atoms with Gasteiger partial charge in [-0.15, -0.1) is 11.3 Å². The highest BCUT2D eigenvalue weighted by molar-refractivity contribution is 7.92. The van der Waals surface area contributed by atoms with Crippen molar-refractivity contribution >= 4 is 59.9 Å². The van der Waals surface area contributed by atoms with E-state index >= 15 is 0 Å². The molecule has 0 radical (unpaired) electrons. The number of sulfonamides is 1.